The van der Waals surface area contributed by atoms with Crippen molar-refractivity contribution in [2.45, 2.75) is 13.3 Å². The van der Waals surface area contributed by atoms with E-state index >= 15 is 0 Å². The summed E-state index contributed by atoms with van der Waals surface area (Å²) in [5, 5.41) is 0.0906. The lowest BCUT2D eigenvalue weighted by Crippen LogP contribution is -2.15. The van der Waals surface area contributed by atoms with Gasteiger partial charge in [-0.3, -0.25) is 0 Å². The summed E-state index contributed by atoms with van der Waals surface area (Å²) in [5.41, 5.74) is 0.823. The van der Waals surface area contributed by atoms with Gasteiger partial charge in [0.15, 0.2) is 0 Å². The van der Waals surface area contributed by atoms with Crippen LogP contribution < -0.4 is 14.4 Å². The van der Waals surface area contributed by atoms with Crippen LogP contribution in [0.5, 0.6) is 11.8 Å². The molecule has 0 saturated carbocycles. The minimum atomic E-state index is 0.0906. The predicted molar refractivity (Wildman–Crippen MR) is 81.7 cm³/mol. The van der Waals surface area contributed by atoms with E-state index in [-0.39, 0.29) is 11.3 Å². The molecule has 0 radical (unpaired) electrons. The summed E-state index contributed by atoms with van der Waals surface area (Å²) >= 11 is 5.93. The number of rotatable bonds is 6. The molecule has 7 heteroatoms. The van der Waals surface area contributed by atoms with E-state index < -0.39 is 0 Å². The normalized spacial score (nSPS) is 10.3. The van der Waals surface area contributed by atoms with Crippen molar-refractivity contribution in [3.05, 3.63) is 29.5 Å². The van der Waals surface area contributed by atoms with Gasteiger partial charge in [0.2, 0.25) is 11.2 Å². The second kappa shape index (κ2) is 7.08. The van der Waals surface area contributed by atoms with Crippen LogP contribution in [0, 0.1) is 0 Å². The Hall–Kier alpha value is -2.08. The van der Waals surface area contributed by atoms with Gasteiger partial charge < -0.3 is 14.4 Å². The zero-order valence-corrected chi connectivity index (χ0v) is 13.0. The number of aromatic nitrogens is 3. The molecule has 0 atom stereocenters. The quantitative estimate of drug-likeness (QED) is 0.817. The van der Waals surface area contributed by atoms with E-state index in [4.69, 9.17) is 21.1 Å². The third kappa shape index (κ3) is 3.72. The Morgan fingerprint density at radius 1 is 1.19 bits per heavy atom. The lowest BCUT2D eigenvalue weighted by atomic mass is 10.3. The third-order valence-electron chi connectivity index (χ3n) is 2.76. The minimum Gasteiger partial charge on any atom is -0.495 e. The maximum atomic E-state index is 5.93. The van der Waals surface area contributed by atoms with Crippen molar-refractivity contribution in [1.29, 1.82) is 0 Å². The van der Waals surface area contributed by atoms with Crippen molar-refractivity contribution < 1.29 is 9.47 Å². The number of methoxy groups -OCH3 is 1. The van der Waals surface area contributed by atoms with Crippen LogP contribution >= 0.6 is 11.6 Å². The molecule has 2 aromatic rings. The van der Waals surface area contributed by atoms with Gasteiger partial charge in [-0.2, -0.15) is 15.0 Å². The van der Waals surface area contributed by atoms with Crippen molar-refractivity contribution >= 4 is 23.2 Å². The van der Waals surface area contributed by atoms with Gasteiger partial charge >= 0.3 is 6.01 Å². The van der Waals surface area contributed by atoms with Gasteiger partial charge in [-0.25, -0.2) is 0 Å². The SMILES string of the molecule is CCCOc1nc(Cl)nc(N(C)c2ccccc2OC)n1. The van der Waals surface area contributed by atoms with Crippen molar-refractivity contribution in [2.24, 2.45) is 0 Å². The van der Waals surface area contributed by atoms with Crippen LogP contribution in [-0.2, 0) is 0 Å². The third-order valence-corrected chi connectivity index (χ3v) is 2.93. The van der Waals surface area contributed by atoms with Gasteiger partial charge in [0.25, 0.3) is 0 Å². The second-order valence-corrected chi connectivity index (χ2v) is 4.60. The molecule has 0 N–H and O–H groups in total. The highest BCUT2D eigenvalue weighted by molar-refractivity contribution is 6.28. The van der Waals surface area contributed by atoms with Crippen LogP contribution in [0.1, 0.15) is 13.3 Å². The van der Waals surface area contributed by atoms with E-state index in [1.165, 1.54) is 0 Å². The van der Waals surface area contributed by atoms with Crippen molar-refractivity contribution in [3.63, 3.8) is 0 Å². The lowest BCUT2D eigenvalue weighted by molar-refractivity contribution is 0.291. The first-order valence-corrected chi connectivity index (χ1v) is 6.94. The number of halogens is 1. The summed E-state index contributed by atoms with van der Waals surface area (Å²) in [6.45, 7) is 2.53. The van der Waals surface area contributed by atoms with E-state index in [0.29, 0.717) is 18.3 Å². The Kier molecular flexibility index (Phi) is 5.16. The second-order valence-electron chi connectivity index (χ2n) is 4.27. The van der Waals surface area contributed by atoms with Gasteiger partial charge in [0, 0.05) is 7.05 Å². The Labute approximate surface area is 128 Å². The highest BCUT2D eigenvalue weighted by Gasteiger charge is 2.15. The predicted octanol–water partition coefficient (Wildman–Crippen LogP) is 3.09. The van der Waals surface area contributed by atoms with E-state index in [0.717, 1.165) is 12.1 Å². The van der Waals surface area contributed by atoms with Crippen LogP contribution in [0.25, 0.3) is 0 Å². The molecule has 2 rings (SSSR count). The molecule has 6 nitrogen and oxygen atoms in total. The maximum absolute atomic E-state index is 5.93. The Morgan fingerprint density at radius 3 is 2.67 bits per heavy atom. The van der Waals surface area contributed by atoms with Gasteiger partial charge in [-0.1, -0.05) is 19.1 Å². The Balaban J connectivity index is 2.34. The number of anilines is 2. The fourth-order valence-corrected chi connectivity index (χ4v) is 1.89. The molecule has 0 fully saturated rings. The highest BCUT2D eigenvalue weighted by atomic mass is 35.5. The average Bonchev–Trinajstić information content (AvgIpc) is 2.51. The van der Waals surface area contributed by atoms with Gasteiger partial charge in [-0.15, -0.1) is 0 Å². The summed E-state index contributed by atoms with van der Waals surface area (Å²) in [6, 6.07) is 7.79. The molecule has 0 aliphatic heterocycles. The van der Waals surface area contributed by atoms with E-state index in [1.807, 2.05) is 38.2 Å². The van der Waals surface area contributed by atoms with Gasteiger partial charge in [0.1, 0.15) is 5.75 Å². The van der Waals surface area contributed by atoms with Crippen molar-refractivity contribution in [2.75, 3.05) is 25.7 Å². The zero-order valence-electron chi connectivity index (χ0n) is 12.2. The topological polar surface area (TPSA) is 60.4 Å². The molecular weight excluding hydrogens is 292 g/mol. The molecular formula is C14H17ClN4O2. The fraction of sp³-hybridized carbons (Fsp3) is 0.357. The van der Waals surface area contributed by atoms with Crippen LogP contribution in [0.15, 0.2) is 24.3 Å². The number of nitrogens with zero attached hydrogens (tertiary/aromatic N) is 4. The molecule has 0 saturated heterocycles. The summed E-state index contributed by atoms with van der Waals surface area (Å²) in [6.07, 6.45) is 0.862. The summed E-state index contributed by atoms with van der Waals surface area (Å²) < 4.78 is 10.8. The minimum absolute atomic E-state index is 0.0906. The van der Waals surface area contributed by atoms with Crippen LogP contribution in [0.4, 0.5) is 11.6 Å². The van der Waals surface area contributed by atoms with E-state index in [1.54, 1.807) is 12.0 Å². The Morgan fingerprint density at radius 2 is 1.95 bits per heavy atom. The molecule has 0 amide bonds. The zero-order chi connectivity index (χ0) is 15.2. The van der Waals surface area contributed by atoms with Crippen molar-refractivity contribution in [1.82, 2.24) is 15.0 Å². The number of benzene rings is 1. The smallest absolute Gasteiger partial charge is 0.322 e. The average molecular weight is 309 g/mol. The number of hydrogen-bond acceptors (Lipinski definition) is 6. The summed E-state index contributed by atoms with van der Waals surface area (Å²) in [7, 11) is 3.44. The first-order chi connectivity index (χ1) is 10.2. The standard InChI is InChI=1S/C14H17ClN4O2/c1-4-9-21-14-17-12(15)16-13(18-14)19(2)10-7-5-6-8-11(10)20-3/h5-8H,4,9H2,1-3H3. The lowest BCUT2D eigenvalue weighted by Gasteiger charge is -2.19. The van der Waals surface area contributed by atoms with Crippen molar-refractivity contribution in [3.8, 4) is 11.8 Å². The summed E-state index contributed by atoms with van der Waals surface area (Å²) in [5.74, 6) is 1.11. The summed E-state index contributed by atoms with van der Waals surface area (Å²) in [4.78, 5) is 14.1. The number of para-hydroxylation sites is 2. The highest BCUT2D eigenvalue weighted by Crippen LogP contribution is 2.31. The molecule has 112 valence electrons. The number of hydrogen-bond donors (Lipinski definition) is 0. The van der Waals surface area contributed by atoms with Crippen LogP contribution in [0.2, 0.25) is 5.28 Å². The molecule has 0 aliphatic rings. The van der Waals surface area contributed by atoms with Gasteiger partial charge in [0.05, 0.1) is 19.4 Å². The first kappa shape index (κ1) is 15.3. The van der Waals surface area contributed by atoms with Crippen LogP contribution in [0.3, 0.4) is 0 Å². The molecule has 1 aromatic carbocycles. The Bertz CT molecular complexity index is 609. The largest absolute Gasteiger partial charge is 0.495 e. The first-order valence-electron chi connectivity index (χ1n) is 6.56. The van der Waals surface area contributed by atoms with Crippen LogP contribution in [-0.4, -0.2) is 35.7 Å². The molecule has 0 aliphatic carbocycles. The van der Waals surface area contributed by atoms with Gasteiger partial charge in [-0.05, 0) is 30.2 Å². The molecule has 0 unspecified atom stereocenters. The monoisotopic (exact) mass is 308 g/mol. The molecule has 21 heavy (non-hydrogen) atoms. The maximum Gasteiger partial charge on any atom is 0.322 e. The molecule has 0 bridgehead atoms. The number of ether oxygens (including phenoxy) is 2. The fourth-order valence-electron chi connectivity index (χ4n) is 1.74. The molecule has 0 spiro atoms. The molecule has 1 aromatic heterocycles. The molecule has 1 heterocycles. The van der Waals surface area contributed by atoms with E-state index in [9.17, 15) is 0 Å². The van der Waals surface area contributed by atoms with E-state index in [2.05, 4.69) is 15.0 Å².